The molecule has 1 aromatic rings. The Bertz CT molecular complexity index is 222. The largest absolute Gasteiger partial charge is 4.00 e. The third-order valence-electron chi connectivity index (χ3n) is 2.81. The van der Waals surface area contributed by atoms with E-state index in [2.05, 4.69) is 34.6 Å². The molecule has 20 heavy (non-hydrogen) atoms. The maximum Gasteiger partial charge on any atom is 4.00 e. The molecule has 0 aliphatic carbocycles. The van der Waals surface area contributed by atoms with Gasteiger partial charge in [0, 0.05) is 0 Å². The first kappa shape index (κ1) is 28.2. The molecule has 4 heteroatoms. The molecule has 0 spiro atoms. The Morgan fingerprint density at radius 3 is 0.900 bits per heavy atom. The molecular formula is C16H30O3Ti. The molecule has 0 aliphatic heterocycles. The van der Waals surface area contributed by atoms with E-state index in [1.807, 2.05) is 0 Å². The Morgan fingerprint density at radius 2 is 0.850 bits per heavy atom. The van der Waals surface area contributed by atoms with E-state index in [0.717, 1.165) is 0 Å². The molecule has 1 rings (SSSR count). The van der Waals surface area contributed by atoms with Crippen LogP contribution in [-0.4, -0.2) is 19.8 Å². The molecule has 3 nitrogen and oxygen atoms in total. The van der Waals surface area contributed by atoms with Crippen molar-refractivity contribution in [2.75, 3.05) is 19.8 Å². The molecule has 0 fully saturated rings. The van der Waals surface area contributed by atoms with Crippen LogP contribution >= 0.6 is 0 Å². The van der Waals surface area contributed by atoms with E-state index in [9.17, 15) is 0 Å². The first-order chi connectivity index (χ1) is 8.80. The minimum Gasteiger partial charge on any atom is -0.855 e. The second-order valence-electron chi connectivity index (χ2n) is 3.99. The summed E-state index contributed by atoms with van der Waals surface area (Å²) >= 11 is 0. The van der Waals surface area contributed by atoms with Gasteiger partial charge in [-0.05, 0) is 0 Å². The SMILES string of the molecule is CC[O-].CC[O-].CC[O-].Cc1c(C)c(C)[c-](C)c1C.[Ti+4]. The number of rotatable bonds is 0. The van der Waals surface area contributed by atoms with E-state index in [1.54, 1.807) is 20.8 Å². The van der Waals surface area contributed by atoms with Crippen LogP contribution in [0, 0.1) is 34.6 Å². The van der Waals surface area contributed by atoms with Gasteiger partial charge in [0.15, 0.2) is 0 Å². The summed E-state index contributed by atoms with van der Waals surface area (Å²) in [4.78, 5) is 0. The summed E-state index contributed by atoms with van der Waals surface area (Å²) in [6.45, 7) is 15.7. The van der Waals surface area contributed by atoms with Crippen molar-refractivity contribution in [3.05, 3.63) is 27.8 Å². The second-order valence-corrected chi connectivity index (χ2v) is 3.99. The van der Waals surface area contributed by atoms with Crippen LogP contribution < -0.4 is 15.3 Å². The van der Waals surface area contributed by atoms with Crippen LogP contribution in [0.2, 0.25) is 0 Å². The minimum atomic E-state index is 0. The smallest absolute Gasteiger partial charge is 0.855 e. The fourth-order valence-electron chi connectivity index (χ4n) is 1.41. The zero-order valence-corrected chi connectivity index (χ0v) is 15.9. The summed E-state index contributed by atoms with van der Waals surface area (Å²) in [5.74, 6) is 0. The van der Waals surface area contributed by atoms with Crippen molar-refractivity contribution in [1.29, 1.82) is 0 Å². The van der Waals surface area contributed by atoms with Gasteiger partial charge in [0.2, 0.25) is 0 Å². The molecule has 1 aromatic carbocycles. The molecule has 0 atom stereocenters. The van der Waals surface area contributed by atoms with Crippen molar-refractivity contribution in [2.24, 2.45) is 0 Å². The summed E-state index contributed by atoms with van der Waals surface area (Å²) in [6.07, 6.45) is 0. The van der Waals surface area contributed by atoms with E-state index in [-0.39, 0.29) is 41.5 Å². The van der Waals surface area contributed by atoms with Gasteiger partial charge in [-0.15, -0.1) is 19.8 Å². The molecule has 0 amide bonds. The Labute approximate surface area is 140 Å². The third-order valence-corrected chi connectivity index (χ3v) is 2.81. The van der Waals surface area contributed by atoms with E-state index < -0.39 is 0 Å². The van der Waals surface area contributed by atoms with E-state index in [1.165, 1.54) is 27.8 Å². The predicted octanol–water partition coefficient (Wildman–Crippen LogP) is 1.04. The molecule has 0 radical (unpaired) electrons. The third kappa shape index (κ3) is 13.0. The van der Waals surface area contributed by atoms with Crippen LogP contribution in [0.3, 0.4) is 0 Å². The van der Waals surface area contributed by atoms with E-state index in [4.69, 9.17) is 15.3 Å². The Balaban J connectivity index is -0.000000108. The topological polar surface area (TPSA) is 69.2 Å². The quantitative estimate of drug-likeness (QED) is 0.530. The fourth-order valence-corrected chi connectivity index (χ4v) is 1.41. The maximum atomic E-state index is 8.93. The van der Waals surface area contributed by atoms with Gasteiger partial charge in [0.25, 0.3) is 0 Å². The van der Waals surface area contributed by atoms with Crippen molar-refractivity contribution in [3.63, 3.8) is 0 Å². The van der Waals surface area contributed by atoms with Crippen molar-refractivity contribution in [3.8, 4) is 0 Å². The second kappa shape index (κ2) is 18.9. The summed E-state index contributed by atoms with van der Waals surface area (Å²) in [6, 6.07) is 0. The fraction of sp³-hybridized carbons (Fsp3) is 0.688. The van der Waals surface area contributed by atoms with Crippen LogP contribution in [0.1, 0.15) is 48.6 Å². The number of hydrogen-bond donors (Lipinski definition) is 0. The average Bonchev–Trinajstić information content (AvgIpc) is 2.51. The summed E-state index contributed by atoms with van der Waals surface area (Å²) in [5.41, 5.74) is 7.34. The normalized spacial score (nSPS) is 7.95. The molecular weight excluding hydrogens is 288 g/mol. The summed E-state index contributed by atoms with van der Waals surface area (Å²) < 4.78 is 0. The standard InChI is InChI=1S/C10H15.3C2H5O.Ti/c1-6-7(2)9(4)10(5)8(6)3;3*1-2-3;/h1-5H3;3*2H2,1H3;/q4*-1;+4. The van der Waals surface area contributed by atoms with Gasteiger partial charge < -0.3 is 15.3 Å². The molecule has 0 heterocycles. The molecule has 0 saturated carbocycles. The monoisotopic (exact) mass is 318 g/mol. The van der Waals surface area contributed by atoms with Crippen LogP contribution in [0.5, 0.6) is 0 Å². The van der Waals surface area contributed by atoms with Gasteiger partial charge in [0.05, 0.1) is 0 Å². The van der Waals surface area contributed by atoms with Crippen molar-refractivity contribution >= 4 is 0 Å². The molecule has 0 unspecified atom stereocenters. The first-order valence-corrected chi connectivity index (χ1v) is 6.74. The predicted molar refractivity (Wildman–Crippen MR) is 77.3 cm³/mol. The molecule has 0 saturated heterocycles. The van der Waals surface area contributed by atoms with Gasteiger partial charge in [-0.3, -0.25) is 0 Å². The summed E-state index contributed by atoms with van der Waals surface area (Å²) in [5, 5.41) is 26.8. The zero-order chi connectivity index (χ0) is 16.0. The molecule has 116 valence electrons. The molecule has 0 bridgehead atoms. The first-order valence-electron chi connectivity index (χ1n) is 6.74. The van der Waals surface area contributed by atoms with Crippen molar-refractivity contribution < 1.29 is 37.0 Å². The van der Waals surface area contributed by atoms with Gasteiger partial charge >= 0.3 is 21.7 Å². The van der Waals surface area contributed by atoms with E-state index in [0.29, 0.717) is 0 Å². The molecule has 0 N–H and O–H groups in total. The van der Waals surface area contributed by atoms with Crippen LogP contribution in [0.15, 0.2) is 0 Å². The van der Waals surface area contributed by atoms with Gasteiger partial charge in [0.1, 0.15) is 0 Å². The van der Waals surface area contributed by atoms with Crippen molar-refractivity contribution in [2.45, 2.75) is 55.4 Å². The maximum absolute atomic E-state index is 8.93. The van der Waals surface area contributed by atoms with Gasteiger partial charge in [-0.1, -0.05) is 55.4 Å². The summed E-state index contributed by atoms with van der Waals surface area (Å²) in [7, 11) is 0. The minimum absolute atomic E-state index is 0. The van der Waals surface area contributed by atoms with Crippen LogP contribution in [0.25, 0.3) is 0 Å². The Kier molecular flexibility index (Phi) is 26.7. The van der Waals surface area contributed by atoms with Gasteiger partial charge in [-0.2, -0.15) is 27.8 Å². The van der Waals surface area contributed by atoms with Crippen molar-refractivity contribution in [1.82, 2.24) is 0 Å². The molecule has 0 aromatic heterocycles. The van der Waals surface area contributed by atoms with Gasteiger partial charge in [-0.25, -0.2) is 0 Å². The Morgan fingerprint density at radius 1 is 0.700 bits per heavy atom. The van der Waals surface area contributed by atoms with E-state index >= 15 is 0 Å². The average molecular weight is 318 g/mol. The molecule has 0 aliphatic rings. The Hall–Kier alpha value is -0.0557. The van der Waals surface area contributed by atoms with Crippen LogP contribution in [0.4, 0.5) is 0 Å². The van der Waals surface area contributed by atoms with Crippen LogP contribution in [-0.2, 0) is 21.7 Å². The number of hydrogen-bond acceptors (Lipinski definition) is 3. The zero-order valence-electron chi connectivity index (χ0n) is 14.3.